The molecule has 2 N–H and O–H groups in total. The molecule has 4 rings (SSSR count). The molecule has 0 unspecified atom stereocenters. The predicted octanol–water partition coefficient (Wildman–Crippen LogP) is 4.25. The van der Waals surface area contributed by atoms with Crippen molar-refractivity contribution in [1.82, 2.24) is 4.90 Å². The molecule has 1 heterocycles. The zero-order valence-corrected chi connectivity index (χ0v) is 18.3. The van der Waals surface area contributed by atoms with E-state index in [-0.39, 0.29) is 22.9 Å². The van der Waals surface area contributed by atoms with Crippen LogP contribution in [0.3, 0.4) is 0 Å². The Balaban J connectivity index is 1.37. The Hall–Kier alpha value is -2.92. The first-order valence-corrected chi connectivity index (χ1v) is 11.5. The van der Waals surface area contributed by atoms with Gasteiger partial charge in [0.2, 0.25) is 5.91 Å². The highest BCUT2D eigenvalue weighted by Crippen LogP contribution is 2.47. The van der Waals surface area contributed by atoms with Crippen LogP contribution in [0.5, 0.6) is 0 Å². The average Bonchev–Trinajstić information content (AvgIpc) is 3.13. The van der Waals surface area contributed by atoms with Crippen LogP contribution >= 0.6 is 0 Å². The van der Waals surface area contributed by atoms with Crippen LogP contribution < -0.4 is 0 Å². The van der Waals surface area contributed by atoms with Crippen molar-refractivity contribution >= 4 is 11.9 Å². The molecule has 1 aliphatic carbocycles. The zero-order chi connectivity index (χ0) is 22.6. The smallest absolute Gasteiger partial charge is 0.335 e. The molecule has 1 saturated heterocycles. The Morgan fingerprint density at radius 3 is 2.44 bits per heavy atom. The molecule has 2 aromatic carbocycles. The molecular formula is C27H31NO4. The number of carboxylic acids is 1. The maximum absolute atomic E-state index is 12.5. The fourth-order valence-electron chi connectivity index (χ4n) is 4.96. The number of carbonyl (C=O) groups is 2. The predicted molar refractivity (Wildman–Crippen MR) is 123 cm³/mol. The first-order valence-electron chi connectivity index (χ1n) is 11.5. The summed E-state index contributed by atoms with van der Waals surface area (Å²) in [4.78, 5) is 25.3. The Morgan fingerprint density at radius 2 is 1.81 bits per heavy atom. The molecule has 1 aliphatic heterocycles. The lowest BCUT2D eigenvalue weighted by Crippen LogP contribution is -2.42. The van der Waals surface area contributed by atoms with Gasteiger partial charge in [0.25, 0.3) is 0 Å². The van der Waals surface area contributed by atoms with E-state index in [0.29, 0.717) is 19.4 Å². The third-order valence-corrected chi connectivity index (χ3v) is 7.11. The second kappa shape index (κ2) is 9.70. The largest absolute Gasteiger partial charge is 0.478 e. The summed E-state index contributed by atoms with van der Waals surface area (Å²) in [5.41, 5.74) is 2.43. The quantitative estimate of drug-likeness (QED) is 0.580. The SMILES string of the molecule is O=C(O)c1ccc(CCN2C(=O)CC[C@@H]2C=C[C@@H](O)C2(Cc3ccccc3)CCC2)cc1. The lowest BCUT2D eigenvalue weighted by atomic mass is 9.62. The number of rotatable bonds is 9. The maximum atomic E-state index is 12.5. The van der Waals surface area contributed by atoms with Gasteiger partial charge in [-0.2, -0.15) is 0 Å². The van der Waals surface area contributed by atoms with Crippen LogP contribution in [0.15, 0.2) is 66.7 Å². The van der Waals surface area contributed by atoms with E-state index in [1.54, 1.807) is 12.1 Å². The molecule has 0 aromatic heterocycles. The van der Waals surface area contributed by atoms with Crippen molar-refractivity contribution in [3.8, 4) is 0 Å². The number of carboxylic acid groups (broad SMARTS) is 1. The number of likely N-dealkylation sites (tertiary alicyclic amines) is 1. The van der Waals surface area contributed by atoms with Gasteiger partial charge in [-0.15, -0.1) is 0 Å². The molecule has 32 heavy (non-hydrogen) atoms. The van der Waals surface area contributed by atoms with Gasteiger partial charge in [-0.05, 0) is 55.4 Å². The fraction of sp³-hybridized carbons (Fsp3) is 0.407. The number of carbonyl (C=O) groups excluding carboxylic acids is 1. The van der Waals surface area contributed by atoms with Crippen LogP contribution in [0.4, 0.5) is 0 Å². The molecule has 5 nitrogen and oxygen atoms in total. The molecule has 1 saturated carbocycles. The van der Waals surface area contributed by atoms with E-state index in [1.165, 1.54) is 5.56 Å². The van der Waals surface area contributed by atoms with Gasteiger partial charge in [-0.25, -0.2) is 4.79 Å². The van der Waals surface area contributed by atoms with Gasteiger partial charge in [0.05, 0.1) is 17.7 Å². The van der Waals surface area contributed by atoms with Crippen molar-refractivity contribution in [2.75, 3.05) is 6.54 Å². The summed E-state index contributed by atoms with van der Waals surface area (Å²) in [6.45, 7) is 0.589. The van der Waals surface area contributed by atoms with Crippen molar-refractivity contribution < 1.29 is 19.8 Å². The van der Waals surface area contributed by atoms with Crippen molar-refractivity contribution in [3.63, 3.8) is 0 Å². The van der Waals surface area contributed by atoms with Crippen LogP contribution in [0.25, 0.3) is 0 Å². The standard InChI is InChI=1S/C27H31NO4/c29-24(27(16-4-17-27)19-21-5-2-1-3-6-21)13-11-23-12-14-25(30)28(23)18-15-20-7-9-22(10-8-20)26(31)32/h1-3,5-11,13,23-24,29H,4,12,14-19H2,(H,31,32)/t23-,24+/m0/s1. The van der Waals surface area contributed by atoms with Gasteiger partial charge in [-0.3, -0.25) is 4.79 Å². The van der Waals surface area contributed by atoms with Crippen LogP contribution in [-0.4, -0.2) is 45.7 Å². The zero-order valence-electron chi connectivity index (χ0n) is 18.3. The van der Waals surface area contributed by atoms with E-state index in [0.717, 1.165) is 37.7 Å². The minimum Gasteiger partial charge on any atom is -0.478 e. The van der Waals surface area contributed by atoms with E-state index < -0.39 is 12.1 Å². The number of aliphatic hydroxyl groups is 1. The summed E-state index contributed by atoms with van der Waals surface area (Å²) in [5.74, 6) is -0.800. The lowest BCUT2D eigenvalue weighted by Gasteiger charge is -2.45. The molecule has 1 amide bonds. The van der Waals surface area contributed by atoms with Crippen molar-refractivity contribution in [2.24, 2.45) is 5.41 Å². The highest BCUT2D eigenvalue weighted by molar-refractivity contribution is 5.87. The summed E-state index contributed by atoms with van der Waals surface area (Å²) >= 11 is 0. The number of aromatic carboxylic acids is 1. The molecule has 5 heteroatoms. The lowest BCUT2D eigenvalue weighted by molar-refractivity contribution is -0.128. The molecule has 168 valence electrons. The number of hydrogen-bond donors (Lipinski definition) is 2. The Bertz CT molecular complexity index is 963. The molecule has 2 atom stereocenters. The van der Waals surface area contributed by atoms with E-state index >= 15 is 0 Å². The highest BCUT2D eigenvalue weighted by atomic mass is 16.4. The molecule has 0 radical (unpaired) electrons. The van der Waals surface area contributed by atoms with E-state index in [4.69, 9.17) is 5.11 Å². The minimum absolute atomic E-state index is 0.00398. The summed E-state index contributed by atoms with van der Waals surface area (Å²) in [6, 6.07) is 17.2. The van der Waals surface area contributed by atoms with Gasteiger partial charge in [0, 0.05) is 18.4 Å². The number of aliphatic hydroxyl groups excluding tert-OH is 1. The van der Waals surface area contributed by atoms with Gasteiger partial charge < -0.3 is 15.1 Å². The normalized spacial score (nSPS) is 21.0. The number of amides is 1. The summed E-state index contributed by atoms with van der Waals surface area (Å²) in [7, 11) is 0. The Kier molecular flexibility index (Phi) is 6.75. The molecular weight excluding hydrogens is 402 g/mol. The van der Waals surface area contributed by atoms with Gasteiger partial charge >= 0.3 is 5.97 Å². The van der Waals surface area contributed by atoms with Crippen molar-refractivity contribution in [2.45, 2.75) is 57.1 Å². The Morgan fingerprint density at radius 1 is 1.09 bits per heavy atom. The van der Waals surface area contributed by atoms with Gasteiger partial charge in [0.1, 0.15) is 0 Å². The van der Waals surface area contributed by atoms with Crippen molar-refractivity contribution in [3.05, 3.63) is 83.4 Å². The second-order valence-corrected chi connectivity index (χ2v) is 9.15. The molecule has 2 aliphatic rings. The molecule has 2 aromatic rings. The monoisotopic (exact) mass is 433 g/mol. The maximum Gasteiger partial charge on any atom is 0.335 e. The Labute approximate surface area is 189 Å². The van der Waals surface area contributed by atoms with Crippen LogP contribution in [0.1, 0.15) is 53.6 Å². The van der Waals surface area contributed by atoms with Gasteiger partial charge in [0.15, 0.2) is 0 Å². The number of hydrogen-bond acceptors (Lipinski definition) is 3. The first-order chi connectivity index (χ1) is 15.5. The molecule has 0 bridgehead atoms. The number of nitrogens with zero attached hydrogens (tertiary/aromatic N) is 1. The van der Waals surface area contributed by atoms with E-state index in [9.17, 15) is 14.7 Å². The van der Waals surface area contributed by atoms with E-state index in [1.807, 2.05) is 47.4 Å². The molecule has 2 fully saturated rings. The van der Waals surface area contributed by atoms with Crippen LogP contribution in [-0.2, 0) is 17.6 Å². The third kappa shape index (κ3) is 4.94. The summed E-state index contributed by atoms with van der Waals surface area (Å²) < 4.78 is 0. The van der Waals surface area contributed by atoms with Gasteiger partial charge in [-0.1, -0.05) is 61.0 Å². The third-order valence-electron chi connectivity index (χ3n) is 7.11. The van der Waals surface area contributed by atoms with Crippen molar-refractivity contribution in [1.29, 1.82) is 0 Å². The van der Waals surface area contributed by atoms with Crippen LogP contribution in [0.2, 0.25) is 0 Å². The van der Waals surface area contributed by atoms with E-state index in [2.05, 4.69) is 12.1 Å². The number of benzene rings is 2. The first kappa shape index (κ1) is 22.3. The average molecular weight is 434 g/mol. The fourth-order valence-corrected chi connectivity index (χ4v) is 4.96. The minimum atomic E-state index is -0.938. The molecule has 0 spiro atoms. The topological polar surface area (TPSA) is 77.8 Å². The van der Waals surface area contributed by atoms with Crippen LogP contribution in [0, 0.1) is 5.41 Å². The highest BCUT2D eigenvalue weighted by Gasteiger charge is 2.42. The summed E-state index contributed by atoms with van der Waals surface area (Å²) in [6.07, 6.45) is 9.46. The summed E-state index contributed by atoms with van der Waals surface area (Å²) in [5, 5.41) is 20.1. The second-order valence-electron chi connectivity index (χ2n) is 9.15.